The fourth-order valence-corrected chi connectivity index (χ4v) is 3.31. The summed E-state index contributed by atoms with van der Waals surface area (Å²) in [7, 11) is 0. The van der Waals surface area contributed by atoms with E-state index in [4.69, 9.17) is 11.6 Å². The Morgan fingerprint density at radius 3 is 2.78 bits per heavy atom. The molecule has 1 N–H and O–H groups in total. The van der Waals surface area contributed by atoms with Crippen LogP contribution in [0.25, 0.3) is 10.8 Å². The number of benzene rings is 2. The molecule has 5 heteroatoms. The van der Waals surface area contributed by atoms with Crippen LogP contribution in [0.3, 0.4) is 0 Å². The third-order valence-corrected chi connectivity index (χ3v) is 4.39. The van der Waals surface area contributed by atoms with Crippen molar-refractivity contribution in [2.45, 2.75) is 19.8 Å². The minimum absolute atomic E-state index is 0.341. The molecular formula is C18H15ClN4. The summed E-state index contributed by atoms with van der Waals surface area (Å²) in [5.74, 6) is 0.530. The molecule has 0 fully saturated rings. The number of nitrogens with one attached hydrogen (secondary N) is 1. The van der Waals surface area contributed by atoms with Crippen LogP contribution in [-0.4, -0.2) is 15.7 Å². The molecule has 4 rings (SSSR count). The normalized spacial score (nSPS) is 13.6. The highest BCUT2D eigenvalue weighted by Crippen LogP contribution is 2.33. The van der Waals surface area contributed by atoms with Gasteiger partial charge in [-0.1, -0.05) is 41.9 Å². The molecule has 0 saturated heterocycles. The number of rotatable bonds is 3. The molecule has 1 aliphatic carbocycles. The van der Waals surface area contributed by atoms with Gasteiger partial charge in [-0.25, -0.2) is 4.98 Å². The maximum atomic E-state index is 5.83. The Labute approximate surface area is 139 Å². The van der Waals surface area contributed by atoms with Crippen molar-refractivity contribution < 1.29 is 0 Å². The van der Waals surface area contributed by atoms with Crippen LogP contribution in [-0.2, 0) is 12.8 Å². The van der Waals surface area contributed by atoms with Gasteiger partial charge >= 0.3 is 0 Å². The SMILES string of the molecule is CC(=NNc1cncc(Cl)n1)c1ccc2c3c(cccc13)CC2. The number of anilines is 1. The summed E-state index contributed by atoms with van der Waals surface area (Å²) in [5, 5.41) is 7.43. The third-order valence-electron chi connectivity index (χ3n) is 4.21. The van der Waals surface area contributed by atoms with Crippen LogP contribution in [0.1, 0.15) is 23.6 Å². The van der Waals surface area contributed by atoms with Crippen molar-refractivity contribution in [2.24, 2.45) is 5.10 Å². The first-order valence-corrected chi connectivity index (χ1v) is 7.92. The summed E-state index contributed by atoms with van der Waals surface area (Å²) < 4.78 is 0. The highest BCUT2D eigenvalue weighted by Gasteiger charge is 2.16. The Morgan fingerprint density at radius 1 is 1.13 bits per heavy atom. The van der Waals surface area contributed by atoms with E-state index in [0.29, 0.717) is 11.0 Å². The second-order valence-corrected chi connectivity index (χ2v) is 6.04. The number of hydrazone groups is 1. The van der Waals surface area contributed by atoms with E-state index in [0.717, 1.165) is 24.1 Å². The molecule has 2 aromatic carbocycles. The number of hydrogen-bond donors (Lipinski definition) is 1. The molecule has 0 radical (unpaired) electrons. The summed E-state index contributed by atoms with van der Waals surface area (Å²) in [5.41, 5.74) is 7.83. The Kier molecular flexibility index (Phi) is 3.46. The molecule has 0 spiro atoms. The predicted molar refractivity (Wildman–Crippen MR) is 94.2 cm³/mol. The molecule has 3 aromatic rings. The fourth-order valence-electron chi connectivity index (χ4n) is 3.16. The van der Waals surface area contributed by atoms with Crippen LogP contribution in [0.15, 0.2) is 47.8 Å². The molecule has 1 aliphatic rings. The van der Waals surface area contributed by atoms with Gasteiger partial charge in [-0.2, -0.15) is 5.10 Å². The summed E-state index contributed by atoms with van der Waals surface area (Å²) in [6.07, 6.45) is 5.34. The third kappa shape index (κ3) is 2.55. The average Bonchev–Trinajstić information content (AvgIpc) is 2.98. The van der Waals surface area contributed by atoms with Gasteiger partial charge in [-0.05, 0) is 41.7 Å². The summed E-state index contributed by atoms with van der Waals surface area (Å²) in [4.78, 5) is 8.11. The molecule has 1 heterocycles. The second-order valence-electron chi connectivity index (χ2n) is 5.65. The van der Waals surface area contributed by atoms with Gasteiger partial charge in [0.2, 0.25) is 0 Å². The zero-order chi connectivity index (χ0) is 15.8. The Hall–Kier alpha value is -2.46. The maximum Gasteiger partial charge on any atom is 0.166 e. The van der Waals surface area contributed by atoms with E-state index < -0.39 is 0 Å². The van der Waals surface area contributed by atoms with E-state index in [-0.39, 0.29) is 0 Å². The topological polar surface area (TPSA) is 50.2 Å². The van der Waals surface area contributed by atoms with Gasteiger partial charge in [0.15, 0.2) is 5.82 Å². The first-order valence-electron chi connectivity index (χ1n) is 7.54. The summed E-state index contributed by atoms with van der Waals surface area (Å²) >= 11 is 5.83. The van der Waals surface area contributed by atoms with E-state index in [1.54, 1.807) is 6.20 Å². The molecule has 0 atom stereocenters. The van der Waals surface area contributed by atoms with Crippen molar-refractivity contribution in [1.29, 1.82) is 0 Å². The van der Waals surface area contributed by atoms with E-state index in [2.05, 4.69) is 50.8 Å². The lowest BCUT2D eigenvalue weighted by atomic mass is 9.98. The van der Waals surface area contributed by atoms with Crippen LogP contribution in [0, 0.1) is 0 Å². The molecular weight excluding hydrogens is 308 g/mol. The van der Waals surface area contributed by atoms with Crippen molar-refractivity contribution in [2.75, 3.05) is 5.43 Å². The zero-order valence-corrected chi connectivity index (χ0v) is 13.4. The van der Waals surface area contributed by atoms with Crippen molar-refractivity contribution in [1.82, 2.24) is 9.97 Å². The van der Waals surface area contributed by atoms with Crippen LogP contribution >= 0.6 is 11.6 Å². The van der Waals surface area contributed by atoms with Crippen LogP contribution in [0.4, 0.5) is 5.82 Å². The highest BCUT2D eigenvalue weighted by atomic mass is 35.5. The van der Waals surface area contributed by atoms with E-state index in [9.17, 15) is 0 Å². The average molecular weight is 323 g/mol. The Balaban J connectivity index is 1.73. The minimum Gasteiger partial charge on any atom is -0.260 e. The molecule has 0 aliphatic heterocycles. The molecule has 23 heavy (non-hydrogen) atoms. The largest absolute Gasteiger partial charge is 0.260 e. The Morgan fingerprint density at radius 2 is 1.96 bits per heavy atom. The van der Waals surface area contributed by atoms with Crippen LogP contribution < -0.4 is 5.43 Å². The van der Waals surface area contributed by atoms with Crippen LogP contribution in [0.2, 0.25) is 5.15 Å². The minimum atomic E-state index is 0.341. The van der Waals surface area contributed by atoms with Crippen molar-refractivity contribution in [3.8, 4) is 0 Å². The van der Waals surface area contributed by atoms with Gasteiger partial charge in [-0.3, -0.25) is 10.4 Å². The number of aryl methyl sites for hydroxylation is 2. The molecule has 114 valence electrons. The lowest BCUT2D eigenvalue weighted by molar-refractivity contribution is 1.02. The molecule has 0 saturated carbocycles. The molecule has 0 amide bonds. The molecule has 1 aromatic heterocycles. The predicted octanol–water partition coefficient (Wildman–Crippen LogP) is 4.22. The second kappa shape index (κ2) is 5.63. The first-order chi connectivity index (χ1) is 11.2. The van der Waals surface area contributed by atoms with Gasteiger partial charge in [-0.15, -0.1) is 0 Å². The number of halogens is 1. The van der Waals surface area contributed by atoms with Crippen LogP contribution in [0.5, 0.6) is 0 Å². The number of aromatic nitrogens is 2. The molecule has 0 unspecified atom stereocenters. The number of hydrogen-bond acceptors (Lipinski definition) is 4. The van der Waals surface area contributed by atoms with E-state index in [1.807, 2.05) is 6.92 Å². The standard InChI is InChI=1S/C18H15ClN4/c1-11(22-23-17-10-20-9-16(19)21-17)14-8-7-13-6-5-12-3-2-4-15(14)18(12)13/h2-4,7-10H,5-6H2,1H3,(H,21,23). The first kappa shape index (κ1) is 14.2. The van der Waals surface area contributed by atoms with E-state index >= 15 is 0 Å². The van der Waals surface area contributed by atoms with Gasteiger partial charge in [0, 0.05) is 5.56 Å². The zero-order valence-electron chi connectivity index (χ0n) is 12.7. The van der Waals surface area contributed by atoms with E-state index in [1.165, 1.54) is 28.1 Å². The quantitative estimate of drug-likeness (QED) is 0.580. The Bertz CT molecular complexity index is 923. The lowest BCUT2D eigenvalue weighted by Crippen LogP contribution is -2.02. The van der Waals surface area contributed by atoms with Crippen molar-refractivity contribution >= 4 is 33.9 Å². The smallest absolute Gasteiger partial charge is 0.166 e. The molecule has 4 nitrogen and oxygen atoms in total. The monoisotopic (exact) mass is 322 g/mol. The summed E-state index contributed by atoms with van der Waals surface area (Å²) in [6.45, 7) is 1.99. The van der Waals surface area contributed by atoms with Gasteiger partial charge in [0.1, 0.15) is 5.15 Å². The van der Waals surface area contributed by atoms with Crippen molar-refractivity contribution in [3.63, 3.8) is 0 Å². The maximum absolute atomic E-state index is 5.83. The van der Waals surface area contributed by atoms with Gasteiger partial charge < -0.3 is 0 Å². The highest BCUT2D eigenvalue weighted by molar-refractivity contribution is 6.29. The van der Waals surface area contributed by atoms with Crippen molar-refractivity contribution in [3.05, 3.63) is 64.6 Å². The lowest BCUT2D eigenvalue weighted by Gasteiger charge is -2.09. The fraction of sp³-hybridized carbons (Fsp3) is 0.167. The van der Waals surface area contributed by atoms with Gasteiger partial charge in [0.05, 0.1) is 18.1 Å². The molecule has 0 bridgehead atoms. The number of nitrogens with zero attached hydrogens (tertiary/aromatic N) is 3. The van der Waals surface area contributed by atoms with Gasteiger partial charge in [0.25, 0.3) is 0 Å². The summed E-state index contributed by atoms with van der Waals surface area (Å²) in [6, 6.07) is 10.9.